The molecular formula is C32H28Cl3FN6O7S. The van der Waals surface area contributed by atoms with Gasteiger partial charge in [0.1, 0.15) is 11.6 Å². The van der Waals surface area contributed by atoms with Crippen LogP contribution in [-0.2, 0) is 19.6 Å². The number of ether oxygens (including phenoxy) is 3. The second kappa shape index (κ2) is 14.7. The summed E-state index contributed by atoms with van der Waals surface area (Å²) in [7, 11) is -1.37. The number of anilines is 2. The van der Waals surface area contributed by atoms with Gasteiger partial charge < -0.3 is 14.2 Å². The topological polar surface area (TPSA) is 154 Å². The van der Waals surface area contributed by atoms with E-state index in [0.29, 0.717) is 29.6 Å². The number of rotatable bonds is 8. The van der Waals surface area contributed by atoms with E-state index >= 15 is 0 Å². The van der Waals surface area contributed by atoms with E-state index in [2.05, 4.69) is 25.7 Å². The van der Waals surface area contributed by atoms with Crippen LogP contribution in [0.1, 0.15) is 38.2 Å². The van der Waals surface area contributed by atoms with Gasteiger partial charge in [0.05, 0.1) is 46.7 Å². The molecule has 18 heteroatoms. The van der Waals surface area contributed by atoms with Crippen molar-refractivity contribution < 1.29 is 36.6 Å². The fourth-order valence-electron chi connectivity index (χ4n) is 5.06. The second-order valence-electron chi connectivity index (χ2n) is 10.9. The van der Waals surface area contributed by atoms with Crippen LogP contribution in [0.25, 0.3) is 5.78 Å². The van der Waals surface area contributed by atoms with Crippen LogP contribution in [0, 0.1) is 25.1 Å². The highest BCUT2D eigenvalue weighted by Crippen LogP contribution is 2.40. The Hall–Kier alpha value is -4.62. The molecule has 1 aliphatic heterocycles. The van der Waals surface area contributed by atoms with Crippen LogP contribution in [0.5, 0.6) is 17.5 Å². The van der Waals surface area contributed by atoms with E-state index in [1.165, 1.54) is 32.4 Å². The molecule has 0 fully saturated rings. The summed E-state index contributed by atoms with van der Waals surface area (Å²) in [4.78, 5) is 33.9. The largest absolute Gasteiger partial charge is 0.481 e. The maximum atomic E-state index is 14.4. The first-order valence-corrected chi connectivity index (χ1v) is 17.4. The van der Waals surface area contributed by atoms with Gasteiger partial charge in [-0.3, -0.25) is 14.3 Å². The number of aryl methyl sites for hydroxylation is 1. The molecule has 1 atom stereocenters. The third kappa shape index (κ3) is 7.15. The fourth-order valence-corrected chi connectivity index (χ4v) is 6.80. The molecule has 50 heavy (non-hydrogen) atoms. The number of imide groups is 1. The number of carbonyl (C=O) groups excluding carboxylic acids is 2. The van der Waals surface area contributed by atoms with Gasteiger partial charge in [0, 0.05) is 17.2 Å². The number of carbonyl (C=O) groups is 2. The van der Waals surface area contributed by atoms with Crippen LogP contribution in [-0.4, -0.2) is 60.1 Å². The van der Waals surface area contributed by atoms with Crippen molar-refractivity contribution in [3.05, 3.63) is 67.9 Å². The number of methoxy groups -OCH3 is 2. The van der Waals surface area contributed by atoms with Gasteiger partial charge >= 0.3 is 0 Å². The third-order valence-corrected chi connectivity index (χ3v) is 9.81. The van der Waals surface area contributed by atoms with E-state index in [0.717, 1.165) is 28.3 Å². The van der Waals surface area contributed by atoms with Crippen molar-refractivity contribution in [3.8, 4) is 29.9 Å². The van der Waals surface area contributed by atoms with Gasteiger partial charge in [-0.25, -0.2) is 9.29 Å². The molecule has 0 spiro atoms. The number of terminal acetylenes is 1. The molecule has 0 radical (unpaired) electrons. The van der Waals surface area contributed by atoms with E-state index in [4.69, 9.17) is 55.4 Å². The molecule has 4 aromatic rings. The number of nitrogens with one attached hydrogen (secondary N) is 1. The van der Waals surface area contributed by atoms with Crippen LogP contribution in [0.3, 0.4) is 0 Å². The van der Waals surface area contributed by atoms with Gasteiger partial charge in [-0.2, -0.15) is 22.9 Å². The molecular weight excluding hydrogens is 738 g/mol. The number of fused-ring (bicyclic) bond motifs is 1. The third-order valence-electron chi connectivity index (χ3n) is 7.59. The summed E-state index contributed by atoms with van der Waals surface area (Å²) in [6.45, 7) is 3.35. The molecule has 2 aromatic carbocycles. The molecule has 1 aliphatic carbocycles. The van der Waals surface area contributed by atoms with Crippen molar-refractivity contribution in [2.24, 2.45) is 0 Å². The van der Waals surface area contributed by atoms with Crippen molar-refractivity contribution in [1.29, 1.82) is 0 Å². The minimum absolute atomic E-state index is 0.0111. The molecule has 13 nitrogen and oxygen atoms in total. The Morgan fingerprint density at radius 3 is 2.26 bits per heavy atom. The number of hydrogen-bond acceptors (Lipinski definition) is 10. The highest BCUT2D eigenvalue weighted by Gasteiger charge is 2.41. The van der Waals surface area contributed by atoms with E-state index in [1.807, 2.05) is 0 Å². The average molecular weight is 766 g/mol. The Labute approximate surface area is 301 Å². The average Bonchev–Trinajstić information content (AvgIpc) is 3.65. The van der Waals surface area contributed by atoms with Gasteiger partial charge in [0.2, 0.25) is 11.8 Å². The van der Waals surface area contributed by atoms with Crippen LogP contribution in [0.2, 0.25) is 15.1 Å². The Kier molecular flexibility index (Phi) is 10.8. The predicted molar refractivity (Wildman–Crippen MR) is 184 cm³/mol. The lowest BCUT2D eigenvalue weighted by Crippen LogP contribution is -2.32. The van der Waals surface area contributed by atoms with E-state index in [-0.39, 0.29) is 49.7 Å². The Balaban J connectivity index is 0.000000195. The Morgan fingerprint density at radius 2 is 1.66 bits per heavy atom. The molecule has 1 N–H and O–H groups in total. The number of nitrogens with zero attached hydrogens (tertiary/aromatic N) is 5. The fraction of sp³-hybridized carbons (Fsp3) is 0.281. The highest BCUT2D eigenvalue weighted by atomic mass is 35.5. The molecule has 1 unspecified atom stereocenters. The predicted octanol–water partition coefficient (Wildman–Crippen LogP) is 6.18. The number of aromatic nitrogens is 4. The first kappa shape index (κ1) is 36.7. The first-order chi connectivity index (χ1) is 23.7. The molecule has 262 valence electrons. The van der Waals surface area contributed by atoms with Gasteiger partial charge in [0.15, 0.2) is 6.10 Å². The smallest absolute Gasteiger partial charge is 0.299 e. The lowest BCUT2D eigenvalue weighted by Gasteiger charge is -2.19. The molecule has 3 heterocycles. The van der Waals surface area contributed by atoms with E-state index in [1.54, 1.807) is 19.9 Å². The quantitative estimate of drug-likeness (QED) is 0.163. The first-order valence-electron chi connectivity index (χ1n) is 14.8. The number of sulfonamides is 1. The molecule has 0 saturated carbocycles. The van der Waals surface area contributed by atoms with Gasteiger partial charge in [-0.15, -0.1) is 11.5 Å². The monoisotopic (exact) mass is 764 g/mol. The van der Waals surface area contributed by atoms with Crippen molar-refractivity contribution in [2.45, 2.75) is 50.8 Å². The minimum Gasteiger partial charge on any atom is -0.481 e. The van der Waals surface area contributed by atoms with Crippen molar-refractivity contribution in [2.75, 3.05) is 23.8 Å². The summed E-state index contributed by atoms with van der Waals surface area (Å²) in [5.74, 6) is 1.20. The molecule has 2 aromatic heterocycles. The van der Waals surface area contributed by atoms with Crippen LogP contribution in [0.15, 0.2) is 46.6 Å². The summed E-state index contributed by atoms with van der Waals surface area (Å²) < 4.78 is 58.8. The maximum Gasteiger partial charge on any atom is 0.299 e. The molecule has 6 rings (SSSR count). The van der Waals surface area contributed by atoms with Crippen molar-refractivity contribution in [1.82, 2.24) is 19.6 Å². The maximum absolute atomic E-state index is 14.4. The SMILES string of the molecule is C#CC(C)Oc1cc(N2C(=O)C3=C(CCCC3)C2=O)c(F)cc1Cl.COc1cc(OC)n2nc(S(=O)(=O)Nc3c(Cl)ccc(C)c3Cl)nc2n1. The Bertz CT molecular complexity index is 2190. The van der Waals surface area contributed by atoms with Crippen LogP contribution >= 0.6 is 34.8 Å². The minimum atomic E-state index is -4.18. The second-order valence-corrected chi connectivity index (χ2v) is 13.6. The van der Waals surface area contributed by atoms with E-state index in [9.17, 15) is 22.4 Å². The molecule has 0 bridgehead atoms. The van der Waals surface area contributed by atoms with Crippen LogP contribution in [0.4, 0.5) is 15.8 Å². The summed E-state index contributed by atoms with van der Waals surface area (Å²) in [6, 6.07) is 6.92. The van der Waals surface area contributed by atoms with E-state index < -0.39 is 38.9 Å². The molecule has 2 aliphatic rings. The highest BCUT2D eigenvalue weighted by molar-refractivity contribution is 7.92. The standard InChI is InChI=1S/C18H15ClFNO3.C14H13Cl2N5O4S/c1-3-10(2)24-16-9-15(14(20)8-13(16)19)21-17(22)11-6-4-5-7-12(11)18(21)23;1-7-4-5-8(15)12(11(7)16)20-26(22,23)14-18-13-17-9(24-2)6-10(25-3)21(13)19-14/h1,8-10H,4-7H2,2H3;4-6,20H,1-3H3. The summed E-state index contributed by atoms with van der Waals surface area (Å²) in [5, 5.41) is 3.76. The van der Waals surface area contributed by atoms with Crippen molar-refractivity contribution >= 4 is 73.8 Å². The summed E-state index contributed by atoms with van der Waals surface area (Å²) >= 11 is 18.2. The summed E-state index contributed by atoms with van der Waals surface area (Å²) in [6.07, 6.45) is 7.47. The number of halogens is 4. The number of amides is 2. The number of benzene rings is 2. The zero-order valence-electron chi connectivity index (χ0n) is 26.9. The number of hydrogen-bond donors (Lipinski definition) is 1. The van der Waals surface area contributed by atoms with Gasteiger partial charge in [-0.05, 0) is 57.2 Å². The lowest BCUT2D eigenvalue weighted by molar-refractivity contribution is -0.120. The normalized spacial score (nSPS) is 14.9. The molecule has 0 saturated heterocycles. The zero-order valence-corrected chi connectivity index (χ0v) is 30.0. The summed E-state index contributed by atoms with van der Waals surface area (Å²) in [5.41, 5.74) is 1.51. The lowest BCUT2D eigenvalue weighted by atomic mass is 9.93. The van der Waals surface area contributed by atoms with Crippen molar-refractivity contribution in [3.63, 3.8) is 0 Å². The molecule has 2 amide bonds. The zero-order chi connectivity index (χ0) is 36.5. The Morgan fingerprint density at radius 1 is 1.00 bits per heavy atom. The van der Waals surface area contributed by atoms with Gasteiger partial charge in [0.25, 0.3) is 32.8 Å². The van der Waals surface area contributed by atoms with Gasteiger partial charge in [-0.1, -0.05) is 46.8 Å². The van der Waals surface area contributed by atoms with Crippen LogP contribution < -0.4 is 23.8 Å².